The van der Waals surface area contributed by atoms with Crippen LogP contribution in [0.2, 0.25) is 0 Å². The van der Waals surface area contributed by atoms with Gasteiger partial charge in [0.2, 0.25) is 16.2 Å². The van der Waals surface area contributed by atoms with Gasteiger partial charge in [-0.15, -0.1) is 10.2 Å². The zero-order valence-electron chi connectivity index (χ0n) is 19.2. The quantitative estimate of drug-likeness (QED) is 0.579. The van der Waals surface area contributed by atoms with Gasteiger partial charge in [-0.1, -0.05) is 23.5 Å². The Morgan fingerprint density at radius 1 is 1.12 bits per heavy atom. The van der Waals surface area contributed by atoms with Crippen molar-refractivity contribution < 1.29 is 9.53 Å². The molecule has 0 spiro atoms. The number of aromatic nitrogens is 3. The van der Waals surface area contributed by atoms with Crippen molar-refractivity contribution in [1.82, 2.24) is 20.1 Å². The van der Waals surface area contributed by atoms with Crippen LogP contribution in [0.1, 0.15) is 43.6 Å². The van der Waals surface area contributed by atoms with Gasteiger partial charge in [-0.05, 0) is 70.4 Å². The average Bonchev–Trinajstić information content (AvgIpc) is 3.39. The molecule has 1 saturated heterocycles. The van der Waals surface area contributed by atoms with Gasteiger partial charge in [-0.3, -0.25) is 9.36 Å². The zero-order valence-corrected chi connectivity index (χ0v) is 20.0. The maximum absolute atomic E-state index is 12.8. The van der Waals surface area contributed by atoms with Gasteiger partial charge < -0.3 is 15.0 Å². The van der Waals surface area contributed by atoms with E-state index in [1.54, 1.807) is 11.3 Å². The van der Waals surface area contributed by atoms with Crippen LogP contribution in [-0.4, -0.2) is 39.9 Å². The highest BCUT2D eigenvalue weighted by atomic mass is 32.1. The normalized spacial score (nSPS) is 16.4. The molecule has 1 fully saturated rings. The van der Waals surface area contributed by atoms with E-state index in [9.17, 15) is 4.79 Å². The predicted octanol–water partition coefficient (Wildman–Crippen LogP) is 4.27. The molecular weight excluding hydrogens is 422 g/mol. The van der Waals surface area contributed by atoms with Crippen molar-refractivity contribution in [2.75, 3.05) is 18.0 Å². The van der Waals surface area contributed by atoms with Crippen LogP contribution in [0.3, 0.4) is 0 Å². The second-order valence-corrected chi connectivity index (χ2v) is 9.57. The van der Waals surface area contributed by atoms with Crippen molar-refractivity contribution in [3.05, 3.63) is 53.3 Å². The molecule has 3 aromatic rings. The van der Waals surface area contributed by atoms with E-state index >= 15 is 0 Å². The SMILES string of the molecule is Cc1ccc(C)n1-c1nnc(N2CCC[C@@H](C(=O)NCc3ccc(OC(C)C)cc3)C2)s1. The summed E-state index contributed by atoms with van der Waals surface area (Å²) in [6.45, 7) is 10.2. The summed E-state index contributed by atoms with van der Waals surface area (Å²) in [6, 6.07) is 12.1. The molecule has 32 heavy (non-hydrogen) atoms. The van der Waals surface area contributed by atoms with Gasteiger partial charge in [-0.25, -0.2) is 0 Å². The average molecular weight is 454 g/mol. The lowest BCUT2D eigenvalue weighted by molar-refractivity contribution is -0.125. The Balaban J connectivity index is 1.34. The van der Waals surface area contributed by atoms with Gasteiger partial charge in [0.1, 0.15) is 5.75 Å². The molecule has 1 aliphatic heterocycles. The van der Waals surface area contributed by atoms with Crippen LogP contribution in [-0.2, 0) is 11.3 Å². The molecule has 0 aliphatic carbocycles. The highest BCUT2D eigenvalue weighted by Gasteiger charge is 2.28. The first kappa shape index (κ1) is 22.3. The summed E-state index contributed by atoms with van der Waals surface area (Å²) in [5.74, 6) is 0.897. The number of carbonyl (C=O) groups is 1. The molecule has 0 radical (unpaired) electrons. The molecule has 1 amide bonds. The molecule has 0 unspecified atom stereocenters. The number of ether oxygens (including phenoxy) is 1. The van der Waals surface area contributed by atoms with E-state index in [-0.39, 0.29) is 17.9 Å². The maximum atomic E-state index is 12.8. The fourth-order valence-corrected chi connectivity index (χ4v) is 5.05. The summed E-state index contributed by atoms with van der Waals surface area (Å²) >= 11 is 1.58. The molecule has 8 heteroatoms. The van der Waals surface area contributed by atoms with Crippen LogP contribution >= 0.6 is 11.3 Å². The Bertz CT molecular complexity index is 1040. The Labute approximate surface area is 193 Å². The summed E-state index contributed by atoms with van der Waals surface area (Å²) in [5.41, 5.74) is 3.35. The number of carbonyl (C=O) groups excluding carboxylic acids is 1. The van der Waals surface area contributed by atoms with Crippen molar-refractivity contribution in [3.63, 3.8) is 0 Å². The van der Waals surface area contributed by atoms with Crippen LogP contribution < -0.4 is 15.0 Å². The molecule has 7 nitrogen and oxygen atoms in total. The first-order valence-electron chi connectivity index (χ1n) is 11.2. The minimum absolute atomic E-state index is 0.0466. The van der Waals surface area contributed by atoms with Crippen LogP contribution in [0.4, 0.5) is 5.13 Å². The fourth-order valence-electron chi connectivity index (χ4n) is 4.05. The van der Waals surface area contributed by atoms with Crippen molar-refractivity contribution in [2.45, 2.75) is 53.2 Å². The van der Waals surface area contributed by atoms with Crippen LogP contribution in [0.15, 0.2) is 36.4 Å². The number of amides is 1. The highest BCUT2D eigenvalue weighted by Crippen LogP contribution is 2.29. The van der Waals surface area contributed by atoms with Gasteiger partial charge in [0.05, 0.1) is 12.0 Å². The van der Waals surface area contributed by atoms with Crippen molar-refractivity contribution in [3.8, 4) is 10.9 Å². The summed E-state index contributed by atoms with van der Waals surface area (Å²) in [5, 5.41) is 13.7. The minimum Gasteiger partial charge on any atom is -0.491 e. The fraction of sp³-hybridized carbons (Fsp3) is 0.458. The topological polar surface area (TPSA) is 72.3 Å². The number of nitrogens with zero attached hydrogens (tertiary/aromatic N) is 4. The van der Waals surface area contributed by atoms with E-state index in [1.165, 1.54) is 0 Å². The van der Waals surface area contributed by atoms with Crippen molar-refractivity contribution in [2.24, 2.45) is 5.92 Å². The molecule has 1 N–H and O–H groups in total. The molecular formula is C24H31N5O2S. The van der Waals surface area contributed by atoms with E-state index in [0.29, 0.717) is 13.1 Å². The molecule has 1 aliphatic rings. The lowest BCUT2D eigenvalue weighted by Gasteiger charge is -2.31. The predicted molar refractivity (Wildman–Crippen MR) is 128 cm³/mol. The van der Waals surface area contributed by atoms with E-state index < -0.39 is 0 Å². The first-order chi connectivity index (χ1) is 15.4. The lowest BCUT2D eigenvalue weighted by Crippen LogP contribution is -2.43. The Hall–Kier alpha value is -2.87. The standard InChI is InChI=1S/C24H31N5O2S/c1-16(2)31-21-11-9-19(10-12-21)14-25-22(30)20-6-5-13-28(15-20)23-26-27-24(32-23)29-17(3)7-8-18(29)4/h7-12,16,20H,5-6,13-15H2,1-4H3,(H,25,30)/t20-/m1/s1. The van der Waals surface area contributed by atoms with Gasteiger partial charge >= 0.3 is 0 Å². The first-order valence-corrected chi connectivity index (χ1v) is 12.0. The summed E-state index contributed by atoms with van der Waals surface area (Å²) < 4.78 is 7.80. The Morgan fingerprint density at radius 2 is 1.81 bits per heavy atom. The Morgan fingerprint density at radius 3 is 2.50 bits per heavy atom. The van der Waals surface area contributed by atoms with Gasteiger partial charge in [-0.2, -0.15) is 0 Å². The monoisotopic (exact) mass is 453 g/mol. The number of nitrogens with one attached hydrogen (secondary N) is 1. The second-order valence-electron chi connectivity index (χ2n) is 8.63. The number of piperidine rings is 1. The number of aryl methyl sites for hydroxylation is 2. The van der Waals surface area contributed by atoms with E-state index in [1.807, 2.05) is 38.1 Å². The third kappa shape index (κ3) is 5.12. The maximum Gasteiger partial charge on any atom is 0.225 e. The third-order valence-electron chi connectivity index (χ3n) is 5.69. The van der Waals surface area contributed by atoms with Crippen LogP contribution in [0.25, 0.3) is 5.13 Å². The molecule has 0 bridgehead atoms. The van der Waals surface area contributed by atoms with E-state index in [0.717, 1.165) is 52.4 Å². The van der Waals surface area contributed by atoms with Crippen LogP contribution in [0, 0.1) is 19.8 Å². The molecule has 4 rings (SSSR count). The minimum atomic E-state index is -0.0466. The number of anilines is 1. The molecule has 3 heterocycles. The highest BCUT2D eigenvalue weighted by molar-refractivity contribution is 7.17. The van der Waals surface area contributed by atoms with E-state index in [2.05, 4.69) is 51.0 Å². The van der Waals surface area contributed by atoms with Crippen molar-refractivity contribution in [1.29, 1.82) is 0 Å². The van der Waals surface area contributed by atoms with Gasteiger partial charge in [0.15, 0.2) is 0 Å². The zero-order chi connectivity index (χ0) is 22.7. The van der Waals surface area contributed by atoms with E-state index in [4.69, 9.17) is 4.74 Å². The molecule has 1 atom stereocenters. The summed E-state index contributed by atoms with van der Waals surface area (Å²) in [7, 11) is 0. The molecule has 2 aromatic heterocycles. The summed E-state index contributed by atoms with van der Waals surface area (Å²) in [6.07, 6.45) is 2.01. The lowest BCUT2D eigenvalue weighted by atomic mass is 9.97. The van der Waals surface area contributed by atoms with Gasteiger partial charge in [0.25, 0.3) is 0 Å². The van der Waals surface area contributed by atoms with Gasteiger partial charge in [0, 0.05) is 31.0 Å². The number of rotatable bonds is 7. The molecule has 170 valence electrons. The third-order valence-corrected chi connectivity index (χ3v) is 6.66. The summed E-state index contributed by atoms with van der Waals surface area (Å²) in [4.78, 5) is 15.0. The number of hydrogen-bond donors (Lipinski definition) is 1. The number of hydrogen-bond acceptors (Lipinski definition) is 6. The van der Waals surface area contributed by atoms with Crippen molar-refractivity contribution >= 4 is 22.4 Å². The smallest absolute Gasteiger partial charge is 0.225 e. The Kier molecular flexibility index (Phi) is 6.79. The number of benzene rings is 1. The largest absolute Gasteiger partial charge is 0.491 e. The molecule has 0 saturated carbocycles. The van der Waals surface area contributed by atoms with Crippen LogP contribution in [0.5, 0.6) is 5.75 Å². The second kappa shape index (κ2) is 9.73. The molecule has 1 aromatic carbocycles.